The second-order valence-electron chi connectivity index (χ2n) is 7.62. The van der Waals surface area contributed by atoms with Gasteiger partial charge in [-0.2, -0.15) is 5.26 Å². The summed E-state index contributed by atoms with van der Waals surface area (Å²) >= 11 is 10.9. The van der Waals surface area contributed by atoms with Gasteiger partial charge in [-0.15, -0.1) is 0 Å². The van der Waals surface area contributed by atoms with Crippen LogP contribution in [-0.2, 0) is 11.4 Å². The Morgan fingerprint density at radius 3 is 2.69 bits per heavy atom. The van der Waals surface area contributed by atoms with Crippen molar-refractivity contribution >= 4 is 62.1 Å². The summed E-state index contributed by atoms with van der Waals surface area (Å²) in [6.45, 7) is 2.64. The highest BCUT2D eigenvalue weighted by molar-refractivity contribution is 9.10. The first-order valence-corrected chi connectivity index (χ1v) is 13.0. The van der Waals surface area contributed by atoms with E-state index in [9.17, 15) is 10.1 Å². The number of hydrogen-bond acceptors (Lipinski definition) is 6. The predicted octanol–water partition coefficient (Wildman–Crippen LogP) is 7.19. The van der Waals surface area contributed by atoms with E-state index in [1.807, 2.05) is 55.5 Å². The summed E-state index contributed by atoms with van der Waals surface area (Å²) in [7, 11) is 1.56. The van der Waals surface area contributed by atoms with Crippen molar-refractivity contribution in [3.8, 4) is 17.6 Å². The molecule has 0 atom stereocenters. The van der Waals surface area contributed by atoms with E-state index in [4.69, 9.17) is 21.1 Å². The van der Waals surface area contributed by atoms with E-state index in [-0.39, 0.29) is 12.5 Å². The molecule has 3 aromatic rings. The van der Waals surface area contributed by atoms with E-state index in [0.717, 1.165) is 15.6 Å². The molecule has 0 unspecified atom stereocenters. The lowest BCUT2D eigenvalue weighted by molar-refractivity contribution is -0.122. The topological polar surface area (TPSA) is 74.9 Å². The fraction of sp³-hybridized carbons (Fsp3) is 0.148. The molecule has 0 bridgehead atoms. The molecule has 4 rings (SSSR count). The molecule has 0 spiro atoms. The van der Waals surface area contributed by atoms with Crippen molar-refractivity contribution in [2.24, 2.45) is 4.99 Å². The van der Waals surface area contributed by atoms with Gasteiger partial charge in [0, 0.05) is 16.6 Å². The van der Waals surface area contributed by atoms with Crippen LogP contribution in [0, 0.1) is 11.3 Å². The molecule has 1 aliphatic heterocycles. The van der Waals surface area contributed by atoms with Gasteiger partial charge < -0.3 is 9.47 Å². The molecular weight excluding hydrogens is 562 g/mol. The van der Waals surface area contributed by atoms with Gasteiger partial charge in [-0.1, -0.05) is 35.9 Å². The molecule has 0 saturated carbocycles. The third-order valence-electron chi connectivity index (χ3n) is 5.34. The molecule has 6 nitrogen and oxygen atoms in total. The third kappa shape index (κ3) is 5.76. The van der Waals surface area contributed by atoms with Crippen LogP contribution in [-0.4, -0.2) is 29.6 Å². The molecule has 182 valence electrons. The Kier molecular flexibility index (Phi) is 8.36. The minimum atomic E-state index is -0.114. The van der Waals surface area contributed by atoms with Crippen LogP contribution in [0.15, 0.2) is 75.0 Å². The first kappa shape index (κ1) is 25.8. The van der Waals surface area contributed by atoms with Gasteiger partial charge in [0.15, 0.2) is 16.7 Å². The highest BCUT2D eigenvalue weighted by Gasteiger charge is 2.32. The van der Waals surface area contributed by atoms with Crippen LogP contribution >= 0.6 is 39.3 Å². The van der Waals surface area contributed by atoms with Crippen molar-refractivity contribution in [1.29, 1.82) is 5.26 Å². The first-order valence-electron chi connectivity index (χ1n) is 11.0. The van der Waals surface area contributed by atoms with E-state index in [0.29, 0.717) is 44.4 Å². The van der Waals surface area contributed by atoms with Gasteiger partial charge in [0.1, 0.15) is 6.61 Å². The Bertz CT molecular complexity index is 1420. The third-order valence-corrected chi connectivity index (χ3v) is 7.58. The van der Waals surface area contributed by atoms with E-state index < -0.39 is 0 Å². The maximum atomic E-state index is 13.0. The van der Waals surface area contributed by atoms with E-state index in [1.54, 1.807) is 30.2 Å². The fourth-order valence-corrected chi connectivity index (χ4v) is 4.97. The predicted molar refractivity (Wildman–Crippen MR) is 148 cm³/mol. The SMILES string of the molecule is CCN1C(=O)/C(=C/c2ccc(OCc3ccccc3C#N)c(OC)c2)SC1=Nc1ccc(Br)c(Cl)c1. The molecular formula is C27H21BrClN3O3S. The lowest BCUT2D eigenvalue weighted by Crippen LogP contribution is -2.28. The minimum absolute atomic E-state index is 0.114. The molecule has 36 heavy (non-hydrogen) atoms. The largest absolute Gasteiger partial charge is 0.493 e. The van der Waals surface area contributed by atoms with E-state index in [2.05, 4.69) is 27.0 Å². The average molecular weight is 583 g/mol. The van der Waals surface area contributed by atoms with Crippen molar-refractivity contribution in [2.45, 2.75) is 13.5 Å². The molecule has 1 fully saturated rings. The number of thioether (sulfide) groups is 1. The lowest BCUT2D eigenvalue weighted by Gasteiger charge is -2.12. The Morgan fingerprint density at radius 1 is 1.17 bits per heavy atom. The number of carbonyl (C=O) groups excluding carboxylic acids is 1. The van der Waals surface area contributed by atoms with Crippen LogP contribution in [0.4, 0.5) is 5.69 Å². The van der Waals surface area contributed by atoms with Gasteiger partial charge in [0.2, 0.25) is 0 Å². The second-order valence-corrected chi connectivity index (χ2v) is 9.89. The summed E-state index contributed by atoms with van der Waals surface area (Å²) < 4.78 is 12.2. The number of aliphatic imine (C=N–C) groups is 1. The Balaban J connectivity index is 1.56. The summed E-state index contributed by atoms with van der Waals surface area (Å²) in [6.07, 6.45) is 1.81. The summed E-state index contributed by atoms with van der Waals surface area (Å²) in [5.74, 6) is 0.958. The van der Waals surface area contributed by atoms with Crippen molar-refractivity contribution in [3.63, 3.8) is 0 Å². The van der Waals surface area contributed by atoms with Crippen LogP contribution in [0.3, 0.4) is 0 Å². The molecule has 0 N–H and O–H groups in total. The smallest absolute Gasteiger partial charge is 0.266 e. The molecule has 1 heterocycles. The van der Waals surface area contributed by atoms with Crippen molar-refractivity contribution < 1.29 is 14.3 Å². The number of ether oxygens (including phenoxy) is 2. The highest BCUT2D eigenvalue weighted by Crippen LogP contribution is 2.37. The normalized spacial score (nSPS) is 15.4. The zero-order chi connectivity index (χ0) is 25.7. The molecule has 3 aromatic carbocycles. The van der Waals surface area contributed by atoms with Crippen molar-refractivity contribution in [2.75, 3.05) is 13.7 Å². The number of amidine groups is 1. The molecule has 9 heteroatoms. The maximum absolute atomic E-state index is 13.0. The van der Waals surface area contributed by atoms with Crippen LogP contribution in [0.5, 0.6) is 11.5 Å². The first-order chi connectivity index (χ1) is 17.4. The van der Waals surface area contributed by atoms with Crippen LogP contribution in [0.1, 0.15) is 23.6 Å². The maximum Gasteiger partial charge on any atom is 0.266 e. The molecule has 0 aliphatic carbocycles. The average Bonchev–Trinajstić information content (AvgIpc) is 3.18. The number of methoxy groups -OCH3 is 1. The molecule has 1 amide bonds. The summed E-state index contributed by atoms with van der Waals surface area (Å²) in [5.41, 5.74) is 2.81. The van der Waals surface area contributed by atoms with Gasteiger partial charge >= 0.3 is 0 Å². The standard InChI is InChI=1S/C27H21BrClN3O3S/c1-3-32-26(33)25(36-27(32)31-20-9-10-21(28)22(29)14-20)13-17-8-11-23(24(12-17)34-2)35-16-19-7-5-4-6-18(19)15-30/h4-14H,3,16H2,1-2H3/b25-13-,31-27?. The molecule has 0 aromatic heterocycles. The van der Waals surface area contributed by atoms with Gasteiger partial charge in [-0.25, -0.2) is 4.99 Å². The van der Waals surface area contributed by atoms with Crippen molar-refractivity contribution in [3.05, 3.63) is 91.8 Å². The quantitative estimate of drug-likeness (QED) is 0.276. The Hall–Kier alpha value is -3.25. The lowest BCUT2D eigenvalue weighted by atomic mass is 10.1. The van der Waals surface area contributed by atoms with Gasteiger partial charge in [0.25, 0.3) is 5.91 Å². The number of nitriles is 1. The summed E-state index contributed by atoms with van der Waals surface area (Å²) in [5, 5.41) is 10.4. The highest BCUT2D eigenvalue weighted by atomic mass is 79.9. The Morgan fingerprint density at radius 2 is 1.97 bits per heavy atom. The second kappa shape index (κ2) is 11.7. The monoisotopic (exact) mass is 581 g/mol. The molecule has 1 saturated heterocycles. The zero-order valence-corrected chi connectivity index (χ0v) is 22.7. The van der Waals surface area contributed by atoms with Crippen LogP contribution in [0.25, 0.3) is 6.08 Å². The minimum Gasteiger partial charge on any atom is -0.493 e. The van der Waals surface area contributed by atoms with Gasteiger partial charge in [-0.05, 0) is 82.7 Å². The molecule has 1 aliphatic rings. The summed E-state index contributed by atoms with van der Waals surface area (Å²) in [6, 6.07) is 20.3. The van der Waals surface area contributed by atoms with E-state index in [1.165, 1.54) is 11.8 Å². The van der Waals surface area contributed by atoms with Crippen molar-refractivity contribution in [1.82, 2.24) is 4.90 Å². The van der Waals surface area contributed by atoms with Crippen LogP contribution < -0.4 is 9.47 Å². The van der Waals surface area contributed by atoms with Gasteiger partial charge in [-0.3, -0.25) is 9.69 Å². The number of hydrogen-bond donors (Lipinski definition) is 0. The van der Waals surface area contributed by atoms with E-state index >= 15 is 0 Å². The number of nitrogens with zero attached hydrogens (tertiary/aromatic N) is 3. The fourth-order valence-electron chi connectivity index (χ4n) is 3.49. The van der Waals surface area contributed by atoms with Gasteiger partial charge in [0.05, 0.1) is 34.4 Å². The number of benzene rings is 3. The summed E-state index contributed by atoms with van der Waals surface area (Å²) in [4.78, 5) is 19.9. The molecule has 0 radical (unpaired) electrons. The number of amides is 1. The number of likely N-dealkylation sites (N-methyl/N-ethyl adjacent to an activating group) is 1. The van der Waals surface area contributed by atoms with Crippen LogP contribution in [0.2, 0.25) is 5.02 Å². The zero-order valence-electron chi connectivity index (χ0n) is 19.5. The number of halogens is 2. The Labute approximate surface area is 227 Å². The number of rotatable bonds is 7. The number of carbonyl (C=O) groups is 1.